The van der Waals surface area contributed by atoms with E-state index < -0.39 is 0 Å². The lowest BCUT2D eigenvalue weighted by Gasteiger charge is -2.45. The van der Waals surface area contributed by atoms with Crippen molar-refractivity contribution < 1.29 is 9.53 Å². The molecule has 102 valence electrons. The van der Waals surface area contributed by atoms with Crippen LogP contribution in [-0.2, 0) is 4.74 Å². The maximum atomic E-state index is 12.6. The third kappa shape index (κ3) is 2.35. The molecule has 3 rings (SSSR count). The van der Waals surface area contributed by atoms with Crippen molar-refractivity contribution in [3.05, 3.63) is 0 Å². The minimum Gasteiger partial charge on any atom is -0.374 e. The Hall–Kier alpha value is -0.770. The summed E-state index contributed by atoms with van der Waals surface area (Å²) in [4.78, 5) is 16.8. The second-order valence-corrected chi connectivity index (χ2v) is 5.78. The highest BCUT2D eigenvalue weighted by atomic mass is 16.5. The molecule has 0 spiro atoms. The Bertz CT molecular complexity index is 300. The number of urea groups is 1. The van der Waals surface area contributed by atoms with Crippen LogP contribution in [0.4, 0.5) is 4.79 Å². The highest BCUT2D eigenvalue weighted by Gasteiger charge is 2.38. The molecule has 2 saturated heterocycles. The van der Waals surface area contributed by atoms with Gasteiger partial charge in [0.05, 0.1) is 18.8 Å². The number of fused-ring (bicyclic) bond motifs is 1. The van der Waals surface area contributed by atoms with E-state index in [2.05, 4.69) is 9.80 Å². The number of carbonyl (C=O) groups excluding carboxylic acids is 1. The van der Waals surface area contributed by atoms with E-state index >= 15 is 0 Å². The van der Waals surface area contributed by atoms with Gasteiger partial charge in [0, 0.05) is 19.6 Å². The average molecular weight is 252 g/mol. The van der Waals surface area contributed by atoms with Crippen LogP contribution < -0.4 is 0 Å². The monoisotopic (exact) mass is 252 g/mol. The number of morpholine rings is 1. The van der Waals surface area contributed by atoms with Gasteiger partial charge < -0.3 is 14.5 Å². The van der Waals surface area contributed by atoms with Crippen LogP contribution in [0.15, 0.2) is 0 Å². The van der Waals surface area contributed by atoms with E-state index in [0.717, 1.165) is 39.1 Å². The van der Waals surface area contributed by atoms with Crippen molar-refractivity contribution in [2.45, 2.75) is 57.1 Å². The molecule has 2 amide bonds. The Balaban J connectivity index is 1.67. The van der Waals surface area contributed by atoms with Gasteiger partial charge in [0.1, 0.15) is 0 Å². The van der Waals surface area contributed by atoms with Crippen LogP contribution in [0, 0.1) is 0 Å². The first kappa shape index (κ1) is 12.3. The van der Waals surface area contributed by atoms with Crippen LogP contribution in [0.3, 0.4) is 0 Å². The topological polar surface area (TPSA) is 32.8 Å². The van der Waals surface area contributed by atoms with Gasteiger partial charge in [0.2, 0.25) is 0 Å². The van der Waals surface area contributed by atoms with E-state index in [0.29, 0.717) is 12.1 Å². The normalized spacial score (nSPS) is 33.1. The van der Waals surface area contributed by atoms with E-state index in [9.17, 15) is 4.79 Å². The fourth-order valence-corrected chi connectivity index (χ4v) is 3.60. The fourth-order valence-electron chi connectivity index (χ4n) is 3.60. The summed E-state index contributed by atoms with van der Waals surface area (Å²) < 4.78 is 5.84. The Labute approximate surface area is 109 Å². The molecular weight excluding hydrogens is 228 g/mol. The molecule has 2 heterocycles. The van der Waals surface area contributed by atoms with Crippen LogP contribution in [0.25, 0.3) is 0 Å². The van der Waals surface area contributed by atoms with Gasteiger partial charge in [-0.1, -0.05) is 12.8 Å². The number of likely N-dealkylation sites (tertiary alicyclic amines) is 1. The summed E-state index contributed by atoms with van der Waals surface area (Å²) >= 11 is 0. The van der Waals surface area contributed by atoms with Crippen molar-refractivity contribution in [3.63, 3.8) is 0 Å². The molecule has 3 aliphatic rings. The summed E-state index contributed by atoms with van der Waals surface area (Å²) in [6.45, 7) is 3.42. The molecule has 0 radical (unpaired) electrons. The maximum absolute atomic E-state index is 12.6. The first-order valence-corrected chi connectivity index (χ1v) is 7.53. The van der Waals surface area contributed by atoms with Gasteiger partial charge in [0.25, 0.3) is 0 Å². The van der Waals surface area contributed by atoms with Crippen molar-refractivity contribution in [1.82, 2.24) is 9.80 Å². The van der Waals surface area contributed by atoms with Crippen molar-refractivity contribution in [2.24, 2.45) is 0 Å². The first-order valence-electron chi connectivity index (χ1n) is 7.53. The van der Waals surface area contributed by atoms with Gasteiger partial charge in [-0.05, 0) is 32.1 Å². The molecule has 18 heavy (non-hydrogen) atoms. The quantitative estimate of drug-likeness (QED) is 0.662. The highest BCUT2D eigenvalue weighted by molar-refractivity contribution is 5.75. The van der Waals surface area contributed by atoms with Crippen LogP contribution in [-0.4, -0.2) is 54.2 Å². The maximum Gasteiger partial charge on any atom is 0.320 e. The third-order valence-electron chi connectivity index (χ3n) is 4.60. The number of piperidine rings is 1. The second kappa shape index (κ2) is 5.47. The van der Waals surface area contributed by atoms with Crippen LogP contribution in [0.2, 0.25) is 0 Å². The zero-order chi connectivity index (χ0) is 12.4. The molecule has 0 aromatic rings. The zero-order valence-electron chi connectivity index (χ0n) is 11.1. The number of rotatable bonds is 0. The van der Waals surface area contributed by atoms with Gasteiger partial charge in [-0.15, -0.1) is 0 Å². The van der Waals surface area contributed by atoms with Crippen molar-refractivity contribution >= 4 is 6.03 Å². The van der Waals surface area contributed by atoms with E-state index in [1.165, 1.54) is 32.1 Å². The molecule has 1 saturated carbocycles. The number of ether oxygens (including phenoxy) is 1. The average Bonchev–Trinajstić information content (AvgIpc) is 2.47. The van der Waals surface area contributed by atoms with E-state index in [4.69, 9.17) is 4.74 Å². The summed E-state index contributed by atoms with van der Waals surface area (Å²) in [5.74, 6) is 0. The Kier molecular flexibility index (Phi) is 3.73. The summed E-state index contributed by atoms with van der Waals surface area (Å²) in [7, 11) is 0. The molecule has 1 aliphatic carbocycles. The zero-order valence-corrected chi connectivity index (χ0v) is 11.1. The minimum atomic E-state index is 0.273. The lowest BCUT2D eigenvalue weighted by molar-refractivity contribution is -0.0757. The van der Waals surface area contributed by atoms with Crippen molar-refractivity contribution in [3.8, 4) is 0 Å². The van der Waals surface area contributed by atoms with Gasteiger partial charge >= 0.3 is 6.03 Å². The van der Waals surface area contributed by atoms with Crippen molar-refractivity contribution in [1.29, 1.82) is 0 Å². The molecule has 2 atom stereocenters. The third-order valence-corrected chi connectivity index (χ3v) is 4.60. The summed E-state index contributed by atoms with van der Waals surface area (Å²) in [5.41, 5.74) is 0. The number of amides is 2. The van der Waals surface area contributed by atoms with Crippen LogP contribution in [0.1, 0.15) is 44.9 Å². The standard InChI is InChI=1S/C14H24N2O2/c17-14(15-8-4-1-5-9-15)16-10-11-18-13-7-3-2-6-12(13)16/h12-13H,1-11H2. The lowest BCUT2D eigenvalue weighted by atomic mass is 9.90. The Morgan fingerprint density at radius 1 is 0.944 bits per heavy atom. The van der Waals surface area contributed by atoms with Crippen LogP contribution >= 0.6 is 0 Å². The SMILES string of the molecule is O=C(N1CCCCC1)N1CCOC2CCCCC21. The lowest BCUT2D eigenvalue weighted by Crippen LogP contribution is -2.58. The smallest absolute Gasteiger partial charge is 0.320 e. The van der Waals surface area contributed by atoms with Crippen LogP contribution in [0.5, 0.6) is 0 Å². The molecule has 2 aliphatic heterocycles. The molecule has 0 N–H and O–H groups in total. The fraction of sp³-hybridized carbons (Fsp3) is 0.929. The number of hydrogen-bond acceptors (Lipinski definition) is 2. The Morgan fingerprint density at radius 3 is 2.56 bits per heavy atom. The summed E-state index contributed by atoms with van der Waals surface area (Å²) in [5, 5.41) is 0. The molecule has 2 unspecified atom stereocenters. The predicted octanol–water partition coefficient (Wildman–Crippen LogP) is 2.24. The number of nitrogens with zero attached hydrogens (tertiary/aromatic N) is 2. The second-order valence-electron chi connectivity index (χ2n) is 5.78. The number of carbonyl (C=O) groups is 1. The van der Waals surface area contributed by atoms with Gasteiger partial charge in [-0.3, -0.25) is 0 Å². The van der Waals surface area contributed by atoms with Gasteiger partial charge in [-0.25, -0.2) is 4.79 Å². The van der Waals surface area contributed by atoms with Gasteiger partial charge in [0.15, 0.2) is 0 Å². The van der Waals surface area contributed by atoms with Crippen molar-refractivity contribution in [2.75, 3.05) is 26.2 Å². The first-order chi connectivity index (χ1) is 8.86. The minimum absolute atomic E-state index is 0.273. The van der Waals surface area contributed by atoms with E-state index in [-0.39, 0.29) is 6.03 Å². The van der Waals surface area contributed by atoms with E-state index in [1.807, 2.05) is 0 Å². The molecule has 0 aromatic carbocycles. The largest absolute Gasteiger partial charge is 0.374 e. The molecule has 3 fully saturated rings. The predicted molar refractivity (Wildman–Crippen MR) is 69.5 cm³/mol. The highest BCUT2D eigenvalue weighted by Crippen LogP contribution is 2.29. The molecule has 0 aromatic heterocycles. The Morgan fingerprint density at radius 2 is 1.72 bits per heavy atom. The summed E-state index contributed by atoms with van der Waals surface area (Å²) in [6.07, 6.45) is 8.69. The van der Waals surface area contributed by atoms with Gasteiger partial charge in [-0.2, -0.15) is 0 Å². The number of hydrogen-bond donors (Lipinski definition) is 0. The molecule has 4 nitrogen and oxygen atoms in total. The molecule has 4 heteroatoms. The summed E-state index contributed by atoms with van der Waals surface area (Å²) in [6, 6.07) is 0.622. The van der Waals surface area contributed by atoms with E-state index in [1.54, 1.807) is 0 Å². The molecule has 0 bridgehead atoms. The molecular formula is C14H24N2O2.